The molecule has 0 amide bonds. The largest absolute Gasteiger partial charge is 0.478 e. The normalized spacial score (nSPS) is 14.0. The molecule has 0 radical (unpaired) electrons. The topological polar surface area (TPSA) is 81.6 Å². The second-order valence-corrected chi connectivity index (χ2v) is 6.56. The fourth-order valence-electron chi connectivity index (χ4n) is 3.22. The molecule has 0 bridgehead atoms. The Kier molecular flexibility index (Phi) is 5.05. The van der Waals surface area contributed by atoms with Gasteiger partial charge in [-0.25, -0.2) is 9.78 Å². The molecule has 7 nitrogen and oxygen atoms in total. The maximum atomic E-state index is 11.0. The highest BCUT2D eigenvalue weighted by Gasteiger charge is 2.19. The Labute approximate surface area is 163 Å². The number of hydrogen-bond acceptors (Lipinski definition) is 6. The molecule has 1 aromatic heterocycles. The highest BCUT2D eigenvalue weighted by Crippen LogP contribution is 2.20. The molecule has 1 aliphatic rings. The predicted octanol–water partition coefficient (Wildman–Crippen LogP) is 3.25. The van der Waals surface area contributed by atoms with Gasteiger partial charge < -0.3 is 20.2 Å². The van der Waals surface area contributed by atoms with Crippen LogP contribution in [0.15, 0.2) is 66.9 Å². The molecule has 0 saturated carbocycles. The molecule has 1 fully saturated rings. The fourth-order valence-corrected chi connectivity index (χ4v) is 3.22. The average molecular weight is 375 g/mol. The van der Waals surface area contributed by atoms with Crippen molar-refractivity contribution in [2.45, 2.75) is 0 Å². The van der Waals surface area contributed by atoms with Gasteiger partial charge in [-0.15, -0.1) is 0 Å². The van der Waals surface area contributed by atoms with Crippen molar-refractivity contribution in [1.82, 2.24) is 9.97 Å². The number of carbonyl (C=O) groups is 1. The van der Waals surface area contributed by atoms with Gasteiger partial charge in [0.2, 0.25) is 5.95 Å². The number of piperazine rings is 1. The van der Waals surface area contributed by atoms with Crippen LogP contribution in [-0.2, 0) is 0 Å². The zero-order valence-electron chi connectivity index (χ0n) is 15.3. The summed E-state index contributed by atoms with van der Waals surface area (Å²) in [5, 5.41) is 12.2. The van der Waals surface area contributed by atoms with Crippen LogP contribution in [0.1, 0.15) is 10.4 Å². The highest BCUT2D eigenvalue weighted by atomic mass is 16.4. The number of carboxylic acid groups (broad SMARTS) is 1. The summed E-state index contributed by atoms with van der Waals surface area (Å²) in [6, 6.07) is 18.8. The van der Waals surface area contributed by atoms with E-state index in [9.17, 15) is 4.79 Å². The number of aromatic nitrogens is 2. The fraction of sp³-hybridized carbons (Fsp3) is 0.190. The van der Waals surface area contributed by atoms with Crippen LogP contribution in [0.25, 0.3) is 0 Å². The van der Waals surface area contributed by atoms with Gasteiger partial charge >= 0.3 is 5.97 Å². The van der Waals surface area contributed by atoms with Crippen LogP contribution in [0, 0.1) is 0 Å². The van der Waals surface area contributed by atoms with E-state index in [2.05, 4.69) is 49.4 Å². The number of anilines is 4. The van der Waals surface area contributed by atoms with Crippen LogP contribution in [0.3, 0.4) is 0 Å². The highest BCUT2D eigenvalue weighted by molar-refractivity contribution is 5.88. The maximum Gasteiger partial charge on any atom is 0.335 e. The molecule has 7 heteroatoms. The molecule has 28 heavy (non-hydrogen) atoms. The zero-order valence-corrected chi connectivity index (χ0v) is 15.3. The van der Waals surface area contributed by atoms with E-state index in [4.69, 9.17) is 5.11 Å². The van der Waals surface area contributed by atoms with Crippen molar-refractivity contribution < 1.29 is 9.90 Å². The molecule has 0 aliphatic carbocycles. The molecule has 0 unspecified atom stereocenters. The third-order valence-corrected chi connectivity index (χ3v) is 4.73. The Hall–Kier alpha value is -3.61. The molecular weight excluding hydrogens is 354 g/mol. The third kappa shape index (κ3) is 4.03. The molecule has 142 valence electrons. The van der Waals surface area contributed by atoms with Crippen molar-refractivity contribution in [3.05, 3.63) is 72.4 Å². The summed E-state index contributed by atoms with van der Waals surface area (Å²) in [6.45, 7) is 3.54. The van der Waals surface area contributed by atoms with E-state index in [1.54, 1.807) is 36.5 Å². The lowest BCUT2D eigenvalue weighted by atomic mass is 10.2. The summed E-state index contributed by atoms with van der Waals surface area (Å²) in [7, 11) is 0. The molecule has 2 N–H and O–H groups in total. The third-order valence-electron chi connectivity index (χ3n) is 4.73. The number of aromatic carboxylic acids is 1. The van der Waals surface area contributed by atoms with Crippen molar-refractivity contribution in [2.75, 3.05) is 41.3 Å². The molecule has 0 spiro atoms. The average Bonchev–Trinajstić information content (AvgIpc) is 2.75. The summed E-state index contributed by atoms with van der Waals surface area (Å²) in [5.41, 5.74) is 2.28. The van der Waals surface area contributed by atoms with Gasteiger partial charge in [-0.1, -0.05) is 18.2 Å². The first-order valence-corrected chi connectivity index (χ1v) is 9.17. The minimum absolute atomic E-state index is 0.255. The summed E-state index contributed by atoms with van der Waals surface area (Å²) in [4.78, 5) is 24.5. The number of para-hydroxylation sites is 1. The molecule has 3 aromatic rings. The van der Waals surface area contributed by atoms with Gasteiger partial charge in [0.25, 0.3) is 0 Å². The van der Waals surface area contributed by atoms with E-state index < -0.39 is 5.97 Å². The quantitative estimate of drug-likeness (QED) is 0.708. The van der Waals surface area contributed by atoms with Gasteiger partial charge in [-0.3, -0.25) is 0 Å². The Morgan fingerprint density at radius 2 is 1.57 bits per heavy atom. The van der Waals surface area contributed by atoms with E-state index in [1.165, 1.54) is 5.69 Å². The van der Waals surface area contributed by atoms with Crippen molar-refractivity contribution in [1.29, 1.82) is 0 Å². The molecule has 1 aliphatic heterocycles. The second-order valence-electron chi connectivity index (χ2n) is 6.56. The van der Waals surface area contributed by atoms with Gasteiger partial charge in [-0.05, 0) is 42.5 Å². The van der Waals surface area contributed by atoms with Crippen LogP contribution >= 0.6 is 0 Å². The number of nitrogens with zero attached hydrogens (tertiary/aromatic N) is 4. The van der Waals surface area contributed by atoms with Crippen LogP contribution < -0.4 is 15.1 Å². The van der Waals surface area contributed by atoms with Crippen molar-refractivity contribution in [3.63, 3.8) is 0 Å². The van der Waals surface area contributed by atoms with Gasteiger partial charge in [0.1, 0.15) is 5.82 Å². The van der Waals surface area contributed by atoms with Crippen LogP contribution in [0.2, 0.25) is 0 Å². The Bertz CT molecular complexity index is 939. The first-order valence-electron chi connectivity index (χ1n) is 9.17. The predicted molar refractivity (Wildman–Crippen MR) is 110 cm³/mol. The van der Waals surface area contributed by atoms with Crippen LogP contribution in [-0.4, -0.2) is 47.2 Å². The Morgan fingerprint density at radius 1 is 0.893 bits per heavy atom. The minimum atomic E-state index is -0.939. The van der Waals surface area contributed by atoms with E-state index in [-0.39, 0.29) is 5.56 Å². The SMILES string of the molecule is O=C(O)c1ccc(Nc2ccnc(N3CCN(c4ccccc4)CC3)n2)cc1. The second kappa shape index (κ2) is 7.96. The number of carboxylic acids is 1. The first-order chi connectivity index (χ1) is 13.7. The molecule has 0 atom stereocenters. The molecule has 2 heterocycles. The maximum absolute atomic E-state index is 11.0. The number of hydrogen-bond donors (Lipinski definition) is 2. The lowest BCUT2D eigenvalue weighted by Gasteiger charge is -2.36. The number of nitrogens with one attached hydrogen (secondary N) is 1. The van der Waals surface area contributed by atoms with Crippen molar-refractivity contribution in [2.24, 2.45) is 0 Å². The van der Waals surface area contributed by atoms with Gasteiger partial charge in [0.15, 0.2) is 0 Å². The molecule has 1 saturated heterocycles. The van der Waals surface area contributed by atoms with E-state index in [0.29, 0.717) is 11.8 Å². The standard InChI is InChI=1S/C21H21N5O2/c27-20(28)16-6-8-17(9-7-16)23-19-10-11-22-21(24-19)26-14-12-25(13-15-26)18-4-2-1-3-5-18/h1-11H,12-15H2,(H,27,28)(H,22,23,24). The smallest absolute Gasteiger partial charge is 0.335 e. The van der Waals surface area contributed by atoms with Crippen LogP contribution in [0.5, 0.6) is 0 Å². The monoisotopic (exact) mass is 375 g/mol. The lowest BCUT2D eigenvalue weighted by Crippen LogP contribution is -2.47. The number of rotatable bonds is 5. The summed E-state index contributed by atoms with van der Waals surface area (Å²) >= 11 is 0. The summed E-state index contributed by atoms with van der Waals surface area (Å²) in [5.74, 6) is 0.434. The summed E-state index contributed by atoms with van der Waals surface area (Å²) < 4.78 is 0. The molecular formula is C21H21N5O2. The van der Waals surface area contributed by atoms with Gasteiger partial charge in [-0.2, -0.15) is 4.98 Å². The minimum Gasteiger partial charge on any atom is -0.478 e. The number of benzene rings is 2. The molecule has 4 rings (SSSR count). The van der Waals surface area contributed by atoms with Gasteiger partial charge in [0.05, 0.1) is 5.56 Å². The van der Waals surface area contributed by atoms with Crippen molar-refractivity contribution >= 4 is 29.1 Å². The Balaban J connectivity index is 1.41. The zero-order chi connectivity index (χ0) is 19.3. The lowest BCUT2D eigenvalue weighted by molar-refractivity contribution is 0.0697. The van der Waals surface area contributed by atoms with Gasteiger partial charge in [0, 0.05) is 43.8 Å². The summed E-state index contributed by atoms with van der Waals surface area (Å²) in [6.07, 6.45) is 1.74. The Morgan fingerprint density at radius 3 is 2.25 bits per heavy atom. The first kappa shape index (κ1) is 17.8. The van der Waals surface area contributed by atoms with E-state index >= 15 is 0 Å². The van der Waals surface area contributed by atoms with E-state index in [1.807, 2.05) is 6.07 Å². The van der Waals surface area contributed by atoms with Crippen molar-refractivity contribution in [3.8, 4) is 0 Å². The van der Waals surface area contributed by atoms with E-state index in [0.717, 1.165) is 31.9 Å². The molecule has 2 aromatic carbocycles. The van der Waals surface area contributed by atoms with Crippen LogP contribution in [0.4, 0.5) is 23.1 Å².